The lowest BCUT2D eigenvalue weighted by Crippen LogP contribution is -2.45. The number of nitrogens with one attached hydrogen (secondary N) is 1. The predicted molar refractivity (Wildman–Crippen MR) is 136 cm³/mol. The van der Waals surface area contributed by atoms with E-state index in [1.54, 1.807) is 23.2 Å². The van der Waals surface area contributed by atoms with Gasteiger partial charge < -0.3 is 19.5 Å². The van der Waals surface area contributed by atoms with Crippen molar-refractivity contribution in [3.05, 3.63) is 38.6 Å². The van der Waals surface area contributed by atoms with Crippen LogP contribution >= 0.6 is 22.9 Å². The number of imidazole rings is 1. The summed E-state index contributed by atoms with van der Waals surface area (Å²) in [7, 11) is 1.43. The molecule has 1 N–H and O–H groups in total. The number of amides is 2. The second-order valence-electron chi connectivity index (χ2n) is 10.00. The van der Waals surface area contributed by atoms with E-state index in [2.05, 4.69) is 21.7 Å². The molecule has 0 saturated carbocycles. The highest BCUT2D eigenvalue weighted by Crippen LogP contribution is 2.43. The molecule has 35 heavy (non-hydrogen) atoms. The molecule has 10 heteroatoms. The van der Waals surface area contributed by atoms with E-state index < -0.39 is 0 Å². The predicted octanol–water partition coefficient (Wildman–Crippen LogP) is 4.47. The number of carbonyl (C=O) groups excluding carboxylic acids is 2. The summed E-state index contributed by atoms with van der Waals surface area (Å²) in [5.41, 5.74) is 2.31. The molecular formula is C25H34ClN5O3S. The van der Waals surface area contributed by atoms with Crippen molar-refractivity contribution >= 4 is 34.9 Å². The molecule has 190 valence electrons. The average molecular weight is 520 g/mol. The van der Waals surface area contributed by atoms with Crippen LogP contribution in [0.15, 0.2) is 12.1 Å². The van der Waals surface area contributed by atoms with Gasteiger partial charge in [0.15, 0.2) is 0 Å². The Morgan fingerprint density at radius 2 is 2.00 bits per heavy atom. The molecule has 0 radical (unpaired) electrons. The Kier molecular flexibility index (Phi) is 7.10. The van der Waals surface area contributed by atoms with Gasteiger partial charge in [0.05, 0.1) is 29.7 Å². The topological polar surface area (TPSA) is 79.7 Å². The number of aryl methyl sites for hydroxylation is 1. The van der Waals surface area contributed by atoms with Crippen molar-refractivity contribution in [2.75, 3.05) is 20.2 Å². The average Bonchev–Trinajstić information content (AvgIpc) is 3.47. The highest BCUT2D eigenvalue weighted by molar-refractivity contribution is 7.16. The van der Waals surface area contributed by atoms with Crippen LogP contribution in [0.2, 0.25) is 4.34 Å². The van der Waals surface area contributed by atoms with Gasteiger partial charge >= 0.3 is 6.09 Å². The van der Waals surface area contributed by atoms with Crippen LogP contribution in [0.25, 0.3) is 0 Å². The van der Waals surface area contributed by atoms with Crippen LogP contribution in [0.1, 0.15) is 73.2 Å². The molecule has 5 heterocycles. The number of nitrogens with zero attached hydrogens (tertiary/aromatic N) is 4. The molecule has 3 aliphatic rings. The number of thiophene rings is 1. The number of hydrogen-bond acceptors (Lipinski definition) is 6. The number of carbonyl (C=O) groups is 2. The lowest BCUT2D eigenvalue weighted by atomic mass is 9.95. The van der Waals surface area contributed by atoms with Gasteiger partial charge in [0, 0.05) is 55.1 Å². The second-order valence-corrected chi connectivity index (χ2v) is 11.7. The molecule has 8 nitrogen and oxygen atoms in total. The molecule has 2 aromatic heterocycles. The van der Waals surface area contributed by atoms with Crippen molar-refractivity contribution in [2.45, 2.75) is 83.1 Å². The van der Waals surface area contributed by atoms with Gasteiger partial charge in [-0.1, -0.05) is 11.6 Å². The quantitative estimate of drug-likeness (QED) is 0.609. The number of halogens is 1. The van der Waals surface area contributed by atoms with E-state index in [1.165, 1.54) is 25.6 Å². The van der Waals surface area contributed by atoms with Crippen LogP contribution in [0.5, 0.6) is 0 Å². The van der Waals surface area contributed by atoms with Crippen LogP contribution in [0.3, 0.4) is 0 Å². The van der Waals surface area contributed by atoms with Crippen molar-refractivity contribution in [3.63, 3.8) is 0 Å². The number of aromatic nitrogens is 2. The smallest absolute Gasteiger partial charge is 0.409 e. The molecular weight excluding hydrogens is 486 g/mol. The van der Waals surface area contributed by atoms with Crippen molar-refractivity contribution in [2.24, 2.45) is 0 Å². The zero-order valence-corrected chi connectivity index (χ0v) is 22.2. The van der Waals surface area contributed by atoms with Gasteiger partial charge in [-0.25, -0.2) is 9.78 Å². The first-order chi connectivity index (χ1) is 16.8. The third kappa shape index (κ3) is 4.95. The molecule has 2 amide bonds. The zero-order chi connectivity index (χ0) is 24.7. The van der Waals surface area contributed by atoms with E-state index in [9.17, 15) is 9.59 Å². The van der Waals surface area contributed by atoms with E-state index in [0.717, 1.165) is 53.0 Å². The van der Waals surface area contributed by atoms with Crippen LogP contribution in [-0.2, 0) is 22.5 Å². The third-order valence-corrected chi connectivity index (χ3v) is 9.22. The van der Waals surface area contributed by atoms with Gasteiger partial charge in [-0.05, 0) is 51.2 Å². The summed E-state index contributed by atoms with van der Waals surface area (Å²) >= 11 is 7.72. The maximum absolute atomic E-state index is 12.0. The Labute approximate surface area is 215 Å². The van der Waals surface area contributed by atoms with Crippen molar-refractivity contribution < 1.29 is 14.3 Å². The summed E-state index contributed by atoms with van der Waals surface area (Å²) < 4.78 is 8.14. The fraction of sp³-hybridized carbons (Fsp3) is 0.640. The minimum Gasteiger partial charge on any atom is -0.453 e. The van der Waals surface area contributed by atoms with Crippen molar-refractivity contribution in [1.29, 1.82) is 0 Å². The minimum atomic E-state index is -0.281. The van der Waals surface area contributed by atoms with Crippen LogP contribution in [0.4, 0.5) is 4.79 Å². The first kappa shape index (κ1) is 24.6. The minimum absolute atomic E-state index is 0.00259. The standard InChI is InChI=1S/C25H34ClN5O3S/c1-15-27-21-14-29(25(33)34-3)10-9-22(21)31(15)19-12-17-4-5-18(13-19)30(17)11-8-20(28-16(2)32)23-6-7-24(26)35-23/h6-7,17-20H,4-5,8-14H2,1-3H3,(H,28,32)/t17?,18?,19?,20-/m0/s1. The fourth-order valence-corrected chi connectivity index (χ4v) is 7.60. The number of methoxy groups -OCH3 is 1. The molecule has 2 aromatic rings. The first-order valence-electron chi connectivity index (χ1n) is 12.5. The molecule has 0 aliphatic carbocycles. The second kappa shape index (κ2) is 10.1. The van der Waals surface area contributed by atoms with Crippen molar-refractivity contribution in [1.82, 2.24) is 24.7 Å². The monoisotopic (exact) mass is 519 g/mol. The Morgan fingerprint density at radius 3 is 2.63 bits per heavy atom. The molecule has 0 aromatic carbocycles. The van der Waals surface area contributed by atoms with E-state index in [1.807, 2.05) is 12.1 Å². The lowest BCUT2D eigenvalue weighted by Gasteiger charge is -2.41. The molecule has 3 aliphatic heterocycles. The Hall–Kier alpha value is -2.10. The normalized spacial score (nSPS) is 24.8. The Bertz CT molecular complexity index is 1090. The summed E-state index contributed by atoms with van der Waals surface area (Å²) in [6.07, 6.45) is 6.12. The van der Waals surface area contributed by atoms with Crippen LogP contribution in [0, 0.1) is 6.92 Å². The Morgan fingerprint density at radius 1 is 1.26 bits per heavy atom. The number of piperidine rings is 1. The maximum atomic E-state index is 12.0. The van der Waals surface area contributed by atoms with E-state index in [4.69, 9.17) is 21.3 Å². The van der Waals surface area contributed by atoms with E-state index in [0.29, 0.717) is 31.2 Å². The molecule has 2 bridgehead atoms. The third-order valence-electron chi connectivity index (χ3n) is 7.88. The number of hydrogen-bond donors (Lipinski definition) is 1. The summed E-state index contributed by atoms with van der Waals surface area (Å²) in [6.45, 7) is 5.85. The lowest BCUT2D eigenvalue weighted by molar-refractivity contribution is -0.119. The summed E-state index contributed by atoms with van der Waals surface area (Å²) in [4.78, 5) is 34.2. The van der Waals surface area contributed by atoms with Gasteiger partial charge in [-0.2, -0.15) is 0 Å². The molecule has 2 unspecified atom stereocenters. The van der Waals surface area contributed by atoms with Gasteiger partial charge in [0.2, 0.25) is 5.91 Å². The van der Waals surface area contributed by atoms with E-state index in [-0.39, 0.29) is 18.0 Å². The van der Waals surface area contributed by atoms with Crippen molar-refractivity contribution in [3.8, 4) is 0 Å². The molecule has 2 fully saturated rings. The molecule has 3 atom stereocenters. The van der Waals surface area contributed by atoms with Crippen LogP contribution < -0.4 is 5.32 Å². The highest BCUT2D eigenvalue weighted by Gasteiger charge is 2.42. The van der Waals surface area contributed by atoms with Gasteiger partial charge in [0.25, 0.3) is 0 Å². The van der Waals surface area contributed by atoms with Gasteiger partial charge in [-0.15, -0.1) is 11.3 Å². The van der Waals surface area contributed by atoms with Gasteiger partial charge in [0.1, 0.15) is 5.82 Å². The number of fused-ring (bicyclic) bond motifs is 3. The zero-order valence-electron chi connectivity index (χ0n) is 20.6. The number of rotatable bonds is 6. The van der Waals surface area contributed by atoms with Gasteiger partial charge in [-0.3, -0.25) is 9.69 Å². The largest absolute Gasteiger partial charge is 0.453 e. The molecule has 0 spiro atoms. The van der Waals surface area contributed by atoms with Crippen LogP contribution in [-0.4, -0.2) is 63.6 Å². The highest BCUT2D eigenvalue weighted by atomic mass is 35.5. The SMILES string of the molecule is COC(=O)N1CCc2c(nc(C)n2C2CC3CCC(C2)N3CC[C@H](NC(C)=O)c2ccc(Cl)s2)C1. The summed E-state index contributed by atoms with van der Waals surface area (Å²) in [5, 5.41) is 3.12. The molecule has 2 saturated heterocycles. The molecule has 5 rings (SSSR count). The fourth-order valence-electron chi connectivity index (χ4n) is 6.46. The van der Waals surface area contributed by atoms with E-state index >= 15 is 0 Å². The first-order valence-corrected chi connectivity index (χ1v) is 13.7. The Balaban J connectivity index is 1.26. The summed E-state index contributed by atoms with van der Waals surface area (Å²) in [5.74, 6) is 1.05. The number of ether oxygens (including phenoxy) is 1. The summed E-state index contributed by atoms with van der Waals surface area (Å²) in [6, 6.07) is 5.49. The maximum Gasteiger partial charge on any atom is 0.409 e.